The lowest BCUT2D eigenvalue weighted by molar-refractivity contribution is -0.384. The monoisotopic (exact) mass is 519 g/mol. The first-order valence-corrected chi connectivity index (χ1v) is 13.2. The van der Waals surface area contributed by atoms with E-state index in [1.165, 1.54) is 29.5 Å². The predicted molar refractivity (Wildman–Crippen MR) is 150 cm³/mol. The van der Waals surface area contributed by atoms with Crippen LogP contribution in [0.4, 0.5) is 5.69 Å². The Morgan fingerprint density at radius 2 is 1.57 bits per heavy atom. The number of nitro benzene ring substituents is 1. The quantitative estimate of drug-likeness (QED) is 0.114. The van der Waals surface area contributed by atoms with Gasteiger partial charge in [-0.1, -0.05) is 69.3 Å². The van der Waals surface area contributed by atoms with Gasteiger partial charge in [0.25, 0.3) is 5.69 Å². The van der Waals surface area contributed by atoms with Crippen LogP contribution in [-0.2, 0) is 22.4 Å². The number of carboxylic acid groups (broad SMARTS) is 1. The fourth-order valence-electron chi connectivity index (χ4n) is 3.64. The smallest absolute Gasteiger partial charge is 0.342 e. The van der Waals surface area contributed by atoms with E-state index in [9.17, 15) is 20.0 Å². The molecule has 0 unspecified atom stereocenters. The molecular formula is C30H33NO5S. The average Bonchev–Trinajstić information content (AvgIpc) is 2.87. The van der Waals surface area contributed by atoms with E-state index in [1.54, 1.807) is 18.2 Å². The van der Waals surface area contributed by atoms with Gasteiger partial charge in [0.1, 0.15) is 5.75 Å². The van der Waals surface area contributed by atoms with Crippen LogP contribution in [0.25, 0.3) is 6.08 Å². The summed E-state index contributed by atoms with van der Waals surface area (Å²) in [5.74, 6) is 0.379. The van der Waals surface area contributed by atoms with Crippen LogP contribution < -0.4 is 4.74 Å². The van der Waals surface area contributed by atoms with Gasteiger partial charge in [-0.2, -0.15) is 0 Å². The number of unbranched alkanes of at least 4 members (excludes halogenated alkanes) is 1. The molecule has 0 saturated heterocycles. The van der Waals surface area contributed by atoms with E-state index in [-0.39, 0.29) is 11.1 Å². The molecule has 0 amide bonds. The first-order valence-electron chi connectivity index (χ1n) is 12.3. The van der Waals surface area contributed by atoms with Crippen molar-refractivity contribution < 1.29 is 19.6 Å². The largest absolute Gasteiger partial charge is 0.494 e. The third-order valence-electron chi connectivity index (χ3n) is 5.88. The number of carboxylic acids is 1. The normalized spacial score (nSPS) is 11.8. The van der Waals surface area contributed by atoms with Gasteiger partial charge in [0.05, 0.1) is 16.4 Å². The van der Waals surface area contributed by atoms with E-state index >= 15 is 0 Å². The maximum atomic E-state index is 11.8. The van der Waals surface area contributed by atoms with E-state index < -0.39 is 10.9 Å². The van der Waals surface area contributed by atoms with E-state index in [0.717, 1.165) is 41.7 Å². The number of aryl methyl sites for hydroxylation is 1. The molecule has 0 aromatic heterocycles. The highest BCUT2D eigenvalue weighted by Crippen LogP contribution is 2.27. The standard InChI is InChI=1S/C30H33NO5S/c1-30(2,3)25-13-7-24(8-14-25)21-37-28(29(32)33)20-23-11-17-27(18-12-23)36-19-5-4-6-22-9-15-26(16-10-22)31(34)35/h7-18,20H,4-6,19,21H2,1-3H3,(H,32,33)/b28-20+. The highest BCUT2D eigenvalue weighted by atomic mass is 32.2. The molecule has 3 aromatic rings. The summed E-state index contributed by atoms with van der Waals surface area (Å²) in [4.78, 5) is 22.4. The molecule has 7 heteroatoms. The maximum absolute atomic E-state index is 11.8. The van der Waals surface area contributed by atoms with Crippen molar-refractivity contribution in [1.82, 2.24) is 0 Å². The molecule has 0 saturated carbocycles. The van der Waals surface area contributed by atoms with Crippen molar-refractivity contribution in [2.45, 2.75) is 51.2 Å². The molecule has 0 spiro atoms. The van der Waals surface area contributed by atoms with Crippen molar-refractivity contribution in [3.8, 4) is 5.75 Å². The van der Waals surface area contributed by atoms with Gasteiger partial charge in [-0.05, 0) is 65.1 Å². The summed E-state index contributed by atoms with van der Waals surface area (Å²) < 4.78 is 5.81. The van der Waals surface area contributed by atoms with Crippen molar-refractivity contribution in [3.05, 3.63) is 110 Å². The van der Waals surface area contributed by atoms with Crippen molar-refractivity contribution in [2.24, 2.45) is 0 Å². The Labute approximate surface area is 222 Å². The Bertz CT molecular complexity index is 1210. The Morgan fingerprint density at radius 1 is 0.946 bits per heavy atom. The van der Waals surface area contributed by atoms with Crippen molar-refractivity contribution >= 4 is 29.5 Å². The highest BCUT2D eigenvalue weighted by Gasteiger charge is 2.14. The van der Waals surface area contributed by atoms with Crippen LogP contribution in [0, 0.1) is 10.1 Å². The lowest BCUT2D eigenvalue weighted by Gasteiger charge is -2.19. The third kappa shape index (κ3) is 9.10. The Balaban J connectivity index is 1.46. The van der Waals surface area contributed by atoms with Gasteiger partial charge in [0.15, 0.2) is 0 Å². The van der Waals surface area contributed by atoms with Gasteiger partial charge in [-0.3, -0.25) is 10.1 Å². The third-order valence-corrected chi connectivity index (χ3v) is 6.96. The molecule has 0 fully saturated rings. The zero-order chi connectivity index (χ0) is 26.8. The number of non-ortho nitro benzene ring substituents is 1. The van der Waals surface area contributed by atoms with Gasteiger partial charge in [0, 0.05) is 17.9 Å². The minimum absolute atomic E-state index is 0.0863. The number of hydrogen-bond donors (Lipinski definition) is 1. The number of rotatable bonds is 12. The maximum Gasteiger partial charge on any atom is 0.342 e. The minimum Gasteiger partial charge on any atom is -0.494 e. The summed E-state index contributed by atoms with van der Waals surface area (Å²) in [6, 6.07) is 22.4. The lowest BCUT2D eigenvalue weighted by Crippen LogP contribution is -2.10. The van der Waals surface area contributed by atoms with E-state index in [4.69, 9.17) is 4.74 Å². The summed E-state index contributed by atoms with van der Waals surface area (Å²) in [6.45, 7) is 7.07. The molecule has 3 rings (SSSR count). The Morgan fingerprint density at radius 3 is 2.14 bits per heavy atom. The number of aliphatic carboxylic acids is 1. The zero-order valence-electron chi connectivity index (χ0n) is 21.5. The summed E-state index contributed by atoms with van der Waals surface area (Å²) in [5, 5.41) is 20.4. The van der Waals surface area contributed by atoms with E-state index in [1.807, 2.05) is 24.3 Å². The van der Waals surface area contributed by atoms with Gasteiger partial charge < -0.3 is 9.84 Å². The van der Waals surface area contributed by atoms with Crippen molar-refractivity contribution in [3.63, 3.8) is 0 Å². The number of benzene rings is 3. The summed E-state index contributed by atoms with van der Waals surface area (Å²) in [5.41, 5.74) is 4.40. The molecule has 0 aliphatic heterocycles. The number of hydrogen-bond acceptors (Lipinski definition) is 5. The molecule has 194 valence electrons. The van der Waals surface area contributed by atoms with Crippen LogP contribution in [0.1, 0.15) is 55.9 Å². The fourth-order valence-corrected chi connectivity index (χ4v) is 4.50. The van der Waals surface area contributed by atoms with Crippen molar-refractivity contribution in [1.29, 1.82) is 0 Å². The topological polar surface area (TPSA) is 89.7 Å². The van der Waals surface area contributed by atoms with Crippen LogP contribution in [0.3, 0.4) is 0 Å². The molecule has 0 aliphatic carbocycles. The molecule has 1 N–H and O–H groups in total. The minimum atomic E-state index is -0.940. The first kappa shape index (κ1) is 28.0. The highest BCUT2D eigenvalue weighted by molar-refractivity contribution is 8.03. The second-order valence-corrected chi connectivity index (χ2v) is 10.9. The summed E-state index contributed by atoms with van der Waals surface area (Å²) in [7, 11) is 0. The van der Waals surface area contributed by atoms with Gasteiger partial charge in [0.2, 0.25) is 0 Å². The van der Waals surface area contributed by atoms with Crippen molar-refractivity contribution in [2.75, 3.05) is 6.61 Å². The molecule has 0 bridgehead atoms. The van der Waals surface area contributed by atoms with Crippen LogP contribution in [0.2, 0.25) is 0 Å². The molecule has 0 heterocycles. The lowest BCUT2D eigenvalue weighted by atomic mass is 9.87. The Kier molecular flexibility index (Phi) is 9.92. The number of nitro groups is 1. The SMILES string of the molecule is CC(C)(C)c1ccc(CS/C(=C/c2ccc(OCCCCc3ccc([N+](=O)[O-])cc3)cc2)C(=O)O)cc1. The number of carbonyl (C=O) groups is 1. The molecular weight excluding hydrogens is 486 g/mol. The Hall–Kier alpha value is -3.58. The molecule has 6 nitrogen and oxygen atoms in total. The van der Waals surface area contributed by atoms with Crippen LogP contribution in [0.15, 0.2) is 77.7 Å². The molecule has 3 aromatic carbocycles. The van der Waals surface area contributed by atoms with Crippen LogP contribution in [0.5, 0.6) is 5.75 Å². The van der Waals surface area contributed by atoms with Crippen LogP contribution >= 0.6 is 11.8 Å². The second-order valence-electron chi connectivity index (χ2n) is 9.85. The fraction of sp³-hybridized carbons (Fsp3) is 0.300. The molecule has 0 radical (unpaired) electrons. The predicted octanol–water partition coefficient (Wildman–Crippen LogP) is 7.65. The number of ether oxygens (including phenoxy) is 1. The van der Waals surface area contributed by atoms with E-state index in [0.29, 0.717) is 17.3 Å². The summed E-state index contributed by atoms with van der Waals surface area (Å²) in [6.07, 6.45) is 4.29. The second kappa shape index (κ2) is 13.1. The number of thioether (sulfide) groups is 1. The summed E-state index contributed by atoms with van der Waals surface area (Å²) >= 11 is 1.31. The van der Waals surface area contributed by atoms with Gasteiger partial charge >= 0.3 is 5.97 Å². The van der Waals surface area contributed by atoms with Crippen LogP contribution in [-0.4, -0.2) is 22.6 Å². The molecule has 0 atom stereocenters. The van der Waals surface area contributed by atoms with Gasteiger partial charge in [-0.15, -0.1) is 11.8 Å². The first-order chi connectivity index (χ1) is 17.6. The molecule has 37 heavy (non-hydrogen) atoms. The zero-order valence-corrected chi connectivity index (χ0v) is 22.3. The molecule has 0 aliphatic rings. The van der Waals surface area contributed by atoms with E-state index in [2.05, 4.69) is 45.0 Å². The number of nitrogens with zero attached hydrogens (tertiary/aromatic N) is 1. The van der Waals surface area contributed by atoms with Gasteiger partial charge in [-0.25, -0.2) is 4.79 Å². The average molecular weight is 520 g/mol.